The van der Waals surface area contributed by atoms with E-state index in [0.29, 0.717) is 25.0 Å². The fraction of sp³-hybridized carbons (Fsp3) is 0.316. The van der Waals surface area contributed by atoms with E-state index in [9.17, 15) is 9.59 Å². The molecule has 0 bridgehead atoms. The first kappa shape index (κ1) is 17.0. The molecule has 0 radical (unpaired) electrons. The highest BCUT2D eigenvalue weighted by Gasteiger charge is 2.13. The second-order valence-electron chi connectivity index (χ2n) is 5.81. The smallest absolute Gasteiger partial charge is 0.181 e. The predicted octanol–water partition coefficient (Wildman–Crippen LogP) is 3.38. The highest BCUT2D eigenvalue weighted by Crippen LogP contribution is 2.15. The van der Waals surface area contributed by atoms with E-state index in [4.69, 9.17) is 0 Å². The molecule has 0 saturated carbocycles. The van der Waals surface area contributed by atoms with Gasteiger partial charge in [0.1, 0.15) is 5.69 Å². The fourth-order valence-corrected chi connectivity index (χ4v) is 2.47. The maximum absolute atomic E-state index is 12.4. The Bertz CT molecular complexity index is 666. The Labute approximate surface area is 137 Å². The Morgan fingerprint density at radius 2 is 1.65 bits per heavy atom. The third-order valence-electron chi connectivity index (χ3n) is 3.56. The van der Waals surface area contributed by atoms with Gasteiger partial charge in [0, 0.05) is 31.1 Å². The molecular weight excluding hydrogens is 288 g/mol. The van der Waals surface area contributed by atoms with Gasteiger partial charge in [-0.1, -0.05) is 30.3 Å². The van der Waals surface area contributed by atoms with E-state index in [2.05, 4.69) is 4.98 Å². The molecule has 1 heterocycles. The van der Waals surface area contributed by atoms with Gasteiger partial charge in [-0.05, 0) is 38.2 Å². The first-order valence-corrected chi connectivity index (χ1v) is 7.78. The van der Waals surface area contributed by atoms with Crippen LogP contribution < -0.4 is 0 Å². The number of hydrogen-bond acceptors (Lipinski definition) is 4. The van der Waals surface area contributed by atoms with Crippen LogP contribution in [0.1, 0.15) is 45.7 Å². The van der Waals surface area contributed by atoms with Crippen LogP contribution >= 0.6 is 0 Å². The van der Waals surface area contributed by atoms with E-state index < -0.39 is 0 Å². The molecule has 0 aliphatic rings. The van der Waals surface area contributed by atoms with Gasteiger partial charge in [-0.3, -0.25) is 14.6 Å². The topological polar surface area (TPSA) is 50.3 Å². The molecular formula is C19H22N2O2. The van der Waals surface area contributed by atoms with Gasteiger partial charge in [-0.15, -0.1) is 0 Å². The molecule has 0 amide bonds. The summed E-state index contributed by atoms with van der Waals surface area (Å²) >= 11 is 0. The molecule has 0 unspecified atom stereocenters. The van der Waals surface area contributed by atoms with Gasteiger partial charge in [0.2, 0.25) is 0 Å². The van der Waals surface area contributed by atoms with Crippen molar-refractivity contribution in [1.82, 2.24) is 9.88 Å². The highest BCUT2D eigenvalue weighted by molar-refractivity contribution is 5.98. The van der Waals surface area contributed by atoms with Crippen molar-refractivity contribution in [2.24, 2.45) is 0 Å². The first-order chi connectivity index (χ1) is 11.1. The lowest BCUT2D eigenvalue weighted by Crippen LogP contribution is -2.14. The molecule has 0 fully saturated rings. The minimum atomic E-state index is -0.0139. The van der Waals surface area contributed by atoms with Crippen molar-refractivity contribution in [3.05, 3.63) is 65.5 Å². The maximum atomic E-state index is 12.4. The fourth-order valence-electron chi connectivity index (χ4n) is 2.47. The average molecular weight is 310 g/mol. The first-order valence-electron chi connectivity index (χ1n) is 7.78. The molecule has 0 atom stereocenters. The van der Waals surface area contributed by atoms with E-state index in [1.165, 1.54) is 0 Å². The average Bonchev–Trinajstić information content (AvgIpc) is 2.55. The number of carbonyl (C=O) groups is 2. The largest absolute Gasteiger partial charge is 0.305 e. The summed E-state index contributed by atoms with van der Waals surface area (Å²) < 4.78 is 0. The van der Waals surface area contributed by atoms with Crippen LogP contribution in [0.25, 0.3) is 0 Å². The van der Waals surface area contributed by atoms with Gasteiger partial charge >= 0.3 is 0 Å². The summed E-state index contributed by atoms with van der Waals surface area (Å²) in [5.41, 5.74) is 2.25. The van der Waals surface area contributed by atoms with Crippen molar-refractivity contribution in [3.63, 3.8) is 0 Å². The van der Waals surface area contributed by atoms with Crippen LogP contribution in [0, 0.1) is 0 Å². The lowest BCUT2D eigenvalue weighted by Gasteiger charge is -2.13. The highest BCUT2D eigenvalue weighted by atomic mass is 16.1. The van der Waals surface area contributed by atoms with Crippen LogP contribution in [-0.2, 0) is 6.54 Å². The molecule has 2 aromatic rings. The normalized spacial score (nSPS) is 10.7. The van der Waals surface area contributed by atoms with E-state index in [-0.39, 0.29) is 11.6 Å². The molecule has 0 spiro atoms. The molecule has 23 heavy (non-hydrogen) atoms. The van der Waals surface area contributed by atoms with E-state index >= 15 is 0 Å². The number of aromatic nitrogens is 1. The Morgan fingerprint density at radius 1 is 0.957 bits per heavy atom. The van der Waals surface area contributed by atoms with Crippen LogP contribution in [-0.4, -0.2) is 35.5 Å². The quantitative estimate of drug-likeness (QED) is 0.701. The minimum Gasteiger partial charge on any atom is -0.305 e. The maximum Gasteiger partial charge on any atom is 0.181 e. The lowest BCUT2D eigenvalue weighted by molar-refractivity contribution is 0.0954. The summed E-state index contributed by atoms with van der Waals surface area (Å²) in [6.45, 7) is 0.731. The Hall–Kier alpha value is -2.33. The predicted molar refractivity (Wildman–Crippen MR) is 90.6 cm³/mol. The zero-order valence-corrected chi connectivity index (χ0v) is 13.7. The molecule has 0 aliphatic heterocycles. The monoisotopic (exact) mass is 310 g/mol. The van der Waals surface area contributed by atoms with Crippen molar-refractivity contribution in [3.8, 4) is 0 Å². The van der Waals surface area contributed by atoms with Crippen molar-refractivity contribution in [1.29, 1.82) is 0 Å². The van der Waals surface area contributed by atoms with E-state index in [0.717, 1.165) is 17.7 Å². The summed E-state index contributed by atoms with van der Waals surface area (Å²) in [6.07, 6.45) is 2.88. The molecule has 4 nitrogen and oxygen atoms in total. The summed E-state index contributed by atoms with van der Waals surface area (Å²) in [5, 5.41) is 0. The summed E-state index contributed by atoms with van der Waals surface area (Å²) in [7, 11) is 3.96. The van der Waals surface area contributed by atoms with Crippen molar-refractivity contribution >= 4 is 11.6 Å². The molecule has 4 heteroatoms. The van der Waals surface area contributed by atoms with Crippen molar-refractivity contribution < 1.29 is 9.59 Å². The molecule has 1 aromatic carbocycles. The molecule has 0 aliphatic carbocycles. The molecule has 0 N–H and O–H groups in total. The summed E-state index contributed by atoms with van der Waals surface area (Å²) in [4.78, 5) is 30.5. The Kier molecular flexibility index (Phi) is 6.18. The van der Waals surface area contributed by atoms with Crippen LogP contribution in [0.2, 0.25) is 0 Å². The van der Waals surface area contributed by atoms with Crippen molar-refractivity contribution in [2.75, 3.05) is 14.1 Å². The van der Waals surface area contributed by atoms with Gasteiger partial charge in [0.05, 0.1) is 0 Å². The Balaban J connectivity index is 1.92. The number of ketones is 2. The molecule has 120 valence electrons. The third kappa shape index (κ3) is 5.11. The van der Waals surface area contributed by atoms with Crippen LogP contribution in [0.3, 0.4) is 0 Å². The summed E-state index contributed by atoms with van der Waals surface area (Å²) in [6, 6.07) is 12.9. The van der Waals surface area contributed by atoms with E-state index in [1.807, 2.05) is 43.3 Å². The number of benzene rings is 1. The zero-order chi connectivity index (χ0) is 16.7. The van der Waals surface area contributed by atoms with E-state index in [1.54, 1.807) is 24.4 Å². The van der Waals surface area contributed by atoms with Gasteiger partial charge in [-0.25, -0.2) is 0 Å². The minimum absolute atomic E-state index is 0.0139. The standard InChI is InChI=1S/C19H22N2O2/c1-21(2)14-15-8-3-4-9-16(15)18(22)11-7-12-19(23)17-10-5-6-13-20-17/h3-6,8-10,13H,7,11-12,14H2,1-2H3. The molecule has 0 saturated heterocycles. The van der Waals surface area contributed by atoms with Gasteiger partial charge in [0.15, 0.2) is 11.6 Å². The van der Waals surface area contributed by atoms with Crippen molar-refractivity contribution in [2.45, 2.75) is 25.8 Å². The zero-order valence-electron chi connectivity index (χ0n) is 13.7. The molecule has 2 rings (SSSR count). The number of carbonyl (C=O) groups excluding carboxylic acids is 2. The third-order valence-corrected chi connectivity index (χ3v) is 3.56. The van der Waals surface area contributed by atoms with Gasteiger partial charge in [0.25, 0.3) is 0 Å². The molecule has 1 aromatic heterocycles. The second kappa shape index (κ2) is 8.34. The van der Waals surface area contributed by atoms with Crippen LogP contribution in [0.5, 0.6) is 0 Å². The SMILES string of the molecule is CN(C)Cc1ccccc1C(=O)CCCC(=O)c1ccccn1. The number of pyridine rings is 1. The van der Waals surface area contributed by atoms with Gasteiger partial charge in [-0.2, -0.15) is 0 Å². The number of Topliss-reactive ketones (excluding diaryl/α,β-unsaturated/α-hetero) is 2. The lowest BCUT2D eigenvalue weighted by atomic mass is 9.99. The number of nitrogens with zero attached hydrogens (tertiary/aromatic N) is 2. The van der Waals surface area contributed by atoms with Crippen LogP contribution in [0.15, 0.2) is 48.7 Å². The number of hydrogen-bond donors (Lipinski definition) is 0. The Morgan fingerprint density at radius 3 is 2.35 bits per heavy atom. The summed E-state index contributed by atoms with van der Waals surface area (Å²) in [5.74, 6) is 0.0799. The van der Waals surface area contributed by atoms with Crippen LogP contribution in [0.4, 0.5) is 0 Å². The number of rotatable bonds is 8. The second-order valence-corrected chi connectivity index (χ2v) is 5.81. The van der Waals surface area contributed by atoms with Gasteiger partial charge < -0.3 is 4.90 Å².